The van der Waals surface area contributed by atoms with Gasteiger partial charge in [0.15, 0.2) is 0 Å². The smallest absolute Gasteiger partial charge is 0.413 e. The summed E-state index contributed by atoms with van der Waals surface area (Å²) in [7, 11) is -1.65. The van der Waals surface area contributed by atoms with Gasteiger partial charge in [-0.1, -0.05) is 72.8 Å². The fourth-order valence-electron chi connectivity index (χ4n) is 2.45. The summed E-state index contributed by atoms with van der Waals surface area (Å²) in [5.74, 6) is 2.12. The van der Waals surface area contributed by atoms with E-state index >= 15 is 0 Å². The molecule has 0 aliphatic carbocycles. The van der Waals surface area contributed by atoms with Crippen LogP contribution in [0, 0.1) is 0 Å². The molecule has 0 aromatic heterocycles. The summed E-state index contributed by atoms with van der Waals surface area (Å²) in [4.78, 5) is 0. The maximum Gasteiger partial charge on any atom is 0.529 e. The van der Waals surface area contributed by atoms with Crippen LogP contribution in [0.5, 0.6) is 11.5 Å². The molecule has 3 rings (SSSR count). The van der Waals surface area contributed by atoms with Gasteiger partial charge >= 0.3 is 8.60 Å². The van der Waals surface area contributed by atoms with Crippen molar-refractivity contribution in [3.63, 3.8) is 0 Å². The van der Waals surface area contributed by atoms with Gasteiger partial charge in [0.05, 0.1) is 0 Å². The lowest BCUT2D eigenvalue weighted by Crippen LogP contribution is -1.99. The predicted octanol–water partition coefficient (Wildman–Crippen LogP) is 7.58. The van der Waals surface area contributed by atoms with Gasteiger partial charge in [-0.2, -0.15) is 0 Å². The summed E-state index contributed by atoms with van der Waals surface area (Å²) in [6.45, 7) is 3.86. The molecule has 4 heteroatoms. The van der Waals surface area contributed by atoms with Gasteiger partial charge in [0.1, 0.15) is 17.3 Å². The van der Waals surface area contributed by atoms with E-state index in [0.717, 1.165) is 10.8 Å². The van der Waals surface area contributed by atoms with Crippen molar-refractivity contribution in [2.24, 2.45) is 0 Å². The highest BCUT2D eigenvalue weighted by molar-refractivity contribution is 7.42. The molecule has 0 saturated heterocycles. The first-order valence-electron chi connectivity index (χ1n) is 9.09. The van der Waals surface area contributed by atoms with Crippen LogP contribution >= 0.6 is 8.60 Å². The monoisotopic (exact) mass is 390 g/mol. The van der Waals surface area contributed by atoms with Crippen LogP contribution in [0.1, 0.15) is 13.8 Å². The first-order valence-corrected chi connectivity index (χ1v) is 10.2. The molecule has 0 spiro atoms. The molecule has 0 aliphatic rings. The van der Waals surface area contributed by atoms with E-state index in [9.17, 15) is 0 Å². The molecule has 0 radical (unpaired) electrons. The first kappa shape index (κ1) is 19.7. The Morgan fingerprint density at radius 1 is 0.750 bits per heavy atom. The molecule has 3 aromatic carbocycles. The summed E-state index contributed by atoms with van der Waals surface area (Å²) in [6, 6.07) is 23.7. The predicted molar refractivity (Wildman–Crippen MR) is 117 cm³/mol. The second kappa shape index (κ2) is 10.3. The van der Waals surface area contributed by atoms with E-state index in [1.54, 1.807) is 0 Å². The minimum atomic E-state index is -1.65. The van der Waals surface area contributed by atoms with E-state index < -0.39 is 8.60 Å². The van der Waals surface area contributed by atoms with E-state index in [1.807, 2.05) is 105 Å². The quantitative estimate of drug-likeness (QED) is 0.225. The summed E-state index contributed by atoms with van der Waals surface area (Å²) in [6.07, 6.45) is 9.67. The van der Waals surface area contributed by atoms with Crippen molar-refractivity contribution in [3.8, 4) is 11.5 Å². The fraction of sp³-hybridized carbons (Fsp3) is 0.0833. The molecule has 1 atom stereocenters. The van der Waals surface area contributed by atoms with Crippen molar-refractivity contribution in [2.45, 2.75) is 13.8 Å². The first-order chi connectivity index (χ1) is 13.7. The second-order valence-corrected chi connectivity index (χ2v) is 7.00. The molecule has 28 heavy (non-hydrogen) atoms. The molecule has 142 valence electrons. The van der Waals surface area contributed by atoms with Crippen molar-refractivity contribution in [3.05, 3.63) is 109 Å². The average molecular weight is 390 g/mol. The fourth-order valence-corrected chi connectivity index (χ4v) is 3.44. The summed E-state index contributed by atoms with van der Waals surface area (Å²) < 4.78 is 18.0. The Morgan fingerprint density at radius 2 is 1.46 bits per heavy atom. The molecule has 0 heterocycles. The van der Waals surface area contributed by atoms with Gasteiger partial charge in [-0.15, -0.1) is 0 Å². The highest BCUT2D eigenvalue weighted by Gasteiger charge is 2.19. The van der Waals surface area contributed by atoms with Crippen LogP contribution in [0.25, 0.3) is 10.8 Å². The van der Waals surface area contributed by atoms with Gasteiger partial charge in [0.25, 0.3) is 0 Å². The lowest BCUT2D eigenvalue weighted by molar-refractivity contribution is 0.332. The maximum atomic E-state index is 6.07. The zero-order valence-corrected chi connectivity index (χ0v) is 16.9. The van der Waals surface area contributed by atoms with E-state index in [1.165, 1.54) is 0 Å². The Morgan fingerprint density at radius 3 is 2.25 bits per heavy atom. The Kier molecular flexibility index (Phi) is 7.29. The Hall–Kier alpha value is -3.03. The van der Waals surface area contributed by atoms with E-state index in [0.29, 0.717) is 17.3 Å². The third kappa shape index (κ3) is 6.00. The van der Waals surface area contributed by atoms with Gasteiger partial charge < -0.3 is 13.6 Å². The number of allylic oxidation sites excluding steroid dienone is 6. The molecular formula is C24H23O3P. The van der Waals surface area contributed by atoms with Crippen LogP contribution in [0.3, 0.4) is 0 Å². The third-order valence-electron chi connectivity index (χ3n) is 3.79. The SMILES string of the molecule is C\C=C/C=C\C=C(/C)OP(Oc1ccccc1)Oc1ccc2ccccc2c1. The summed E-state index contributed by atoms with van der Waals surface area (Å²) in [5.41, 5.74) is 0. The molecule has 0 N–H and O–H groups in total. The van der Waals surface area contributed by atoms with E-state index in [4.69, 9.17) is 13.6 Å². The number of rotatable bonds is 8. The molecular weight excluding hydrogens is 367 g/mol. The summed E-state index contributed by atoms with van der Waals surface area (Å²) in [5, 5.41) is 2.27. The minimum absolute atomic E-state index is 0.701. The zero-order chi connectivity index (χ0) is 19.6. The zero-order valence-electron chi connectivity index (χ0n) is 16.0. The van der Waals surface area contributed by atoms with Crippen LogP contribution in [0.15, 0.2) is 109 Å². The van der Waals surface area contributed by atoms with Crippen molar-refractivity contribution in [1.29, 1.82) is 0 Å². The van der Waals surface area contributed by atoms with Gasteiger partial charge in [0.2, 0.25) is 0 Å². The maximum absolute atomic E-state index is 6.07. The lowest BCUT2D eigenvalue weighted by atomic mass is 10.1. The molecule has 0 aliphatic heterocycles. The molecule has 0 bridgehead atoms. The Labute approximate surface area is 167 Å². The van der Waals surface area contributed by atoms with Gasteiger partial charge in [-0.25, -0.2) is 0 Å². The Balaban J connectivity index is 1.78. The number of para-hydroxylation sites is 1. The number of hydrogen-bond donors (Lipinski definition) is 0. The molecule has 0 saturated carbocycles. The number of hydrogen-bond acceptors (Lipinski definition) is 3. The minimum Gasteiger partial charge on any atom is -0.413 e. The van der Waals surface area contributed by atoms with Gasteiger partial charge in [-0.05, 0) is 55.0 Å². The molecule has 0 fully saturated rings. The largest absolute Gasteiger partial charge is 0.529 e. The molecule has 1 unspecified atom stereocenters. The van der Waals surface area contributed by atoms with Crippen molar-refractivity contribution in [2.75, 3.05) is 0 Å². The van der Waals surface area contributed by atoms with Crippen molar-refractivity contribution >= 4 is 19.4 Å². The molecule has 3 nitrogen and oxygen atoms in total. The Bertz CT molecular complexity index is 977. The lowest BCUT2D eigenvalue weighted by Gasteiger charge is -2.18. The topological polar surface area (TPSA) is 27.7 Å². The van der Waals surface area contributed by atoms with Crippen LogP contribution < -0.4 is 9.05 Å². The normalized spacial score (nSPS) is 13.1. The number of fused-ring (bicyclic) bond motifs is 1. The van der Waals surface area contributed by atoms with E-state index in [2.05, 4.69) is 12.1 Å². The molecule has 0 amide bonds. The van der Waals surface area contributed by atoms with Gasteiger partial charge in [-0.3, -0.25) is 0 Å². The highest BCUT2D eigenvalue weighted by Crippen LogP contribution is 2.43. The number of benzene rings is 3. The van der Waals surface area contributed by atoms with Crippen LogP contribution in [0.2, 0.25) is 0 Å². The second-order valence-electron chi connectivity index (χ2n) is 6.01. The van der Waals surface area contributed by atoms with Crippen LogP contribution in [-0.2, 0) is 4.52 Å². The van der Waals surface area contributed by atoms with E-state index in [-0.39, 0.29) is 0 Å². The van der Waals surface area contributed by atoms with Crippen LogP contribution in [-0.4, -0.2) is 0 Å². The van der Waals surface area contributed by atoms with Gasteiger partial charge in [0, 0.05) is 0 Å². The molecule has 3 aromatic rings. The average Bonchev–Trinajstić information content (AvgIpc) is 2.72. The van der Waals surface area contributed by atoms with Crippen LogP contribution in [0.4, 0.5) is 0 Å². The summed E-state index contributed by atoms with van der Waals surface area (Å²) >= 11 is 0. The van der Waals surface area contributed by atoms with Crippen molar-refractivity contribution in [1.82, 2.24) is 0 Å². The standard InChI is InChI=1S/C24H23O3P/c1-3-4-5-7-12-20(2)25-28(26-23-15-8-6-9-16-23)27-24-18-17-21-13-10-11-14-22(21)19-24/h3-19H,1-2H3/b4-3-,7-5-,20-12+. The van der Waals surface area contributed by atoms with Crippen molar-refractivity contribution < 1.29 is 13.6 Å². The third-order valence-corrected chi connectivity index (χ3v) is 4.94. The highest BCUT2D eigenvalue weighted by atomic mass is 31.2.